The molecule has 0 aliphatic carbocycles. The summed E-state index contributed by atoms with van der Waals surface area (Å²) in [6, 6.07) is 24.5. The van der Waals surface area contributed by atoms with Crippen LogP contribution in [0.3, 0.4) is 0 Å². The van der Waals surface area contributed by atoms with Gasteiger partial charge in [-0.3, -0.25) is 14.5 Å². The summed E-state index contributed by atoms with van der Waals surface area (Å²) in [4.78, 5) is 37.2. The predicted molar refractivity (Wildman–Crippen MR) is 135 cm³/mol. The zero-order valence-electron chi connectivity index (χ0n) is 18.6. The Labute approximate surface area is 213 Å². The molecule has 35 heavy (non-hydrogen) atoms. The number of hydrogen-bond donors (Lipinski definition) is 0. The number of aromatic nitrogens is 2. The smallest absolute Gasteiger partial charge is 0.323 e. The lowest BCUT2D eigenvalue weighted by Gasteiger charge is -2.26. The first-order valence-electron chi connectivity index (χ1n) is 10.8. The summed E-state index contributed by atoms with van der Waals surface area (Å²) < 4.78 is 5.58. The number of pyridine rings is 2. The summed E-state index contributed by atoms with van der Waals surface area (Å²) >= 11 is 12.0. The van der Waals surface area contributed by atoms with Gasteiger partial charge in [-0.15, -0.1) is 0 Å². The summed E-state index contributed by atoms with van der Waals surface area (Å²) in [5, 5.41) is 0.833. The number of carbonyl (C=O) groups is 2. The number of carbonyl (C=O) groups excluding carboxylic acids is 2. The number of benzene rings is 2. The summed E-state index contributed by atoms with van der Waals surface area (Å²) in [5.74, 6) is -1.99. The molecule has 1 amide bonds. The van der Waals surface area contributed by atoms with Crippen molar-refractivity contribution < 1.29 is 14.3 Å². The topological polar surface area (TPSA) is 72.4 Å². The van der Waals surface area contributed by atoms with Crippen LogP contribution in [0.4, 0.5) is 5.82 Å². The van der Waals surface area contributed by atoms with Crippen LogP contribution < -0.4 is 4.90 Å². The number of anilines is 1. The molecule has 2 aromatic carbocycles. The van der Waals surface area contributed by atoms with Gasteiger partial charge in [-0.1, -0.05) is 77.8 Å². The van der Waals surface area contributed by atoms with E-state index in [1.165, 1.54) is 4.90 Å². The van der Waals surface area contributed by atoms with Crippen LogP contribution in [-0.4, -0.2) is 21.8 Å². The lowest BCUT2D eigenvalue weighted by Crippen LogP contribution is -2.39. The highest BCUT2D eigenvalue weighted by molar-refractivity contribution is 6.30. The van der Waals surface area contributed by atoms with E-state index in [-0.39, 0.29) is 13.2 Å². The van der Waals surface area contributed by atoms with Crippen LogP contribution in [0, 0.1) is 0 Å². The van der Waals surface area contributed by atoms with Crippen LogP contribution in [0.1, 0.15) is 22.6 Å². The fourth-order valence-corrected chi connectivity index (χ4v) is 3.71. The summed E-state index contributed by atoms with van der Waals surface area (Å²) in [5.41, 5.74) is 2.01. The average Bonchev–Trinajstić information content (AvgIpc) is 2.89. The predicted octanol–water partition coefficient (Wildman–Crippen LogP) is 5.84. The van der Waals surface area contributed by atoms with E-state index >= 15 is 0 Å². The van der Waals surface area contributed by atoms with E-state index in [9.17, 15) is 9.59 Å². The van der Waals surface area contributed by atoms with E-state index in [1.54, 1.807) is 67.0 Å². The highest BCUT2D eigenvalue weighted by Gasteiger charge is 2.35. The second-order valence-corrected chi connectivity index (χ2v) is 8.50. The van der Waals surface area contributed by atoms with Gasteiger partial charge < -0.3 is 4.74 Å². The average molecular weight is 506 g/mol. The molecular formula is C27H21Cl2N3O3. The molecule has 0 N–H and O–H groups in total. The monoisotopic (exact) mass is 505 g/mol. The quantitative estimate of drug-likeness (QED) is 0.171. The Morgan fingerprint density at radius 2 is 1.57 bits per heavy atom. The van der Waals surface area contributed by atoms with Crippen molar-refractivity contribution in [3.63, 3.8) is 0 Å². The van der Waals surface area contributed by atoms with Gasteiger partial charge in [0.15, 0.2) is 5.92 Å². The van der Waals surface area contributed by atoms with Gasteiger partial charge in [-0.05, 0) is 47.0 Å². The van der Waals surface area contributed by atoms with Crippen LogP contribution >= 0.6 is 23.2 Å². The van der Waals surface area contributed by atoms with Gasteiger partial charge in [0, 0.05) is 17.4 Å². The lowest BCUT2D eigenvalue weighted by atomic mass is 9.97. The Kier molecular flexibility index (Phi) is 8.08. The molecular weight excluding hydrogens is 485 g/mol. The van der Waals surface area contributed by atoms with Gasteiger partial charge in [0.25, 0.3) is 0 Å². The van der Waals surface area contributed by atoms with Crippen molar-refractivity contribution >= 4 is 40.9 Å². The third kappa shape index (κ3) is 6.44. The van der Waals surface area contributed by atoms with Gasteiger partial charge >= 0.3 is 5.97 Å². The first-order chi connectivity index (χ1) is 17.0. The number of ether oxygens (including phenoxy) is 1. The molecule has 4 aromatic rings. The second-order valence-electron chi connectivity index (χ2n) is 7.68. The van der Waals surface area contributed by atoms with Crippen molar-refractivity contribution in [1.29, 1.82) is 0 Å². The molecule has 0 aliphatic heterocycles. The molecule has 8 heteroatoms. The Morgan fingerprint density at radius 3 is 2.23 bits per heavy atom. The number of nitrogens with zero attached hydrogens (tertiary/aromatic N) is 3. The van der Waals surface area contributed by atoms with Gasteiger partial charge in [-0.2, -0.15) is 0 Å². The van der Waals surface area contributed by atoms with Crippen LogP contribution in [0.25, 0.3) is 0 Å². The van der Waals surface area contributed by atoms with Crippen molar-refractivity contribution in [2.45, 2.75) is 19.1 Å². The maximum absolute atomic E-state index is 14.0. The summed E-state index contributed by atoms with van der Waals surface area (Å²) in [6.07, 6.45) is 3.16. The molecule has 0 radical (unpaired) electrons. The van der Waals surface area contributed by atoms with E-state index < -0.39 is 17.8 Å². The molecule has 4 rings (SSSR count). The number of esters is 1. The normalized spacial score (nSPS) is 11.5. The fraction of sp³-hybridized carbons (Fsp3) is 0.111. The molecule has 1 unspecified atom stereocenters. The minimum absolute atomic E-state index is 0.0434. The zero-order chi connectivity index (χ0) is 24.6. The molecule has 0 spiro atoms. The van der Waals surface area contributed by atoms with Crippen LogP contribution in [0.5, 0.6) is 0 Å². The third-order valence-electron chi connectivity index (χ3n) is 5.23. The summed E-state index contributed by atoms with van der Waals surface area (Å²) in [7, 11) is 0. The minimum Gasteiger partial charge on any atom is -0.460 e. The lowest BCUT2D eigenvalue weighted by molar-refractivity contribution is -0.149. The number of halogens is 2. The largest absolute Gasteiger partial charge is 0.460 e. The molecule has 1 atom stereocenters. The number of hydrogen-bond acceptors (Lipinski definition) is 5. The second kappa shape index (κ2) is 11.6. The number of rotatable bonds is 8. The molecule has 0 saturated heterocycles. The zero-order valence-corrected chi connectivity index (χ0v) is 20.1. The van der Waals surface area contributed by atoms with E-state index in [4.69, 9.17) is 27.9 Å². The Bertz CT molecular complexity index is 1270. The first kappa shape index (κ1) is 24.4. The van der Waals surface area contributed by atoms with Gasteiger partial charge in [0.05, 0.1) is 6.54 Å². The standard InChI is InChI=1S/C27H21Cl2N3O3/c28-22-12-10-21(11-13-22)25(27(34)35-18-19-6-2-1-3-7-19)26(33)32(24-8-4-5-15-30-24)17-20-9-14-23(29)31-16-20/h1-16,25H,17-18H2. The van der Waals surface area contributed by atoms with Crippen molar-refractivity contribution in [1.82, 2.24) is 9.97 Å². The van der Waals surface area contributed by atoms with E-state index in [2.05, 4.69) is 9.97 Å². The molecule has 0 aliphatic rings. The third-order valence-corrected chi connectivity index (χ3v) is 5.71. The van der Waals surface area contributed by atoms with E-state index in [0.717, 1.165) is 11.1 Å². The van der Waals surface area contributed by atoms with Crippen LogP contribution in [0.15, 0.2) is 97.3 Å². The van der Waals surface area contributed by atoms with Crippen LogP contribution in [-0.2, 0) is 27.5 Å². The molecule has 2 aromatic heterocycles. The maximum atomic E-state index is 14.0. The minimum atomic E-state index is -1.22. The van der Waals surface area contributed by atoms with Crippen LogP contribution in [0.2, 0.25) is 10.2 Å². The SMILES string of the molecule is O=C(OCc1ccccc1)C(C(=O)N(Cc1ccc(Cl)nc1)c1ccccn1)c1ccc(Cl)cc1. The maximum Gasteiger partial charge on any atom is 0.323 e. The molecule has 2 heterocycles. The highest BCUT2D eigenvalue weighted by Crippen LogP contribution is 2.27. The molecule has 176 valence electrons. The van der Waals surface area contributed by atoms with Gasteiger partial charge in [0.2, 0.25) is 5.91 Å². The van der Waals surface area contributed by atoms with Crippen molar-refractivity contribution in [3.8, 4) is 0 Å². The van der Waals surface area contributed by atoms with Crippen molar-refractivity contribution in [2.24, 2.45) is 0 Å². The molecule has 0 fully saturated rings. The van der Waals surface area contributed by atoms with Crippen molar-refractivity contribution in [3.05, 3.63) is 124 Å². The Hall–Kier alpha value is -3.74. The van der Waals surface area contributed by atoms with E-state index in [0.29, 0.717) is 21.6 Å². The molecule has 0 bridgehead atoms. The van der Waals surface area contributed by atoms with Gasteiger partial charge in [-0.25, -0.2) is 9.97 Å². The number of amides is 1. The first-order valence-corrected chi connectivity index (χ1v) is 11.6. The Morgan fingerprint density at radius 1 is 0.829 bits per heavy atom. The molecule has 6 nitrogen and oxygen atoms in total. The fourth-order valence-electron chi connectivity index (χ4n) is 3.47. The van der Waals surface area contributed by atoms with Crippen molar-refractivity contribution in [2.75, 3.05) is 4.90 Å². The highest BCUT2D eigenvalue weighted by atomic mass is 35.5. The van der Waals surface area contributed by atoms with E-state index in [1.807, 2.05) is 30.3 Å². The summed E-state index contributed by atoms with van der Waals surface area (Å²) in [6.45, 7) is 0.178. The Balaban J connectivity index is 1.68. The molecule has 0 saturated carbocycles. The van der Waals surface area contributed by atoms with Gasteiger partial charge in [0.1, 0.15) is 17.6 Å².